The standard InChI is InChI=1S/C22H26N2O3/c1-16-10-12-24(13-11-16)14-17-6-8-18(9-7-17)23-22(25)21-15-26-19-4-2-3-5-20(19)27-21/h2-9,16,21H,10-15H2,1H3,(H,23,25). The van der Waals surface area contributed by atoms with E-state index in [2.05, 4.69) is 29.3 Å². The zero-order chi connectivity index (χ0) is 18.6. The van der Waals surface area contributed by atoms with Crippen LogP contribution < -0.4 is 14.8 Å². The number of carbonyl (C=O) groups is 1. The maximum atomic E-state index is 12.5. The summed E-state index contributed by atoms with van der Waals surface area (Å²) in [5.41, 5.74) is 2.05. The van der Waals surface area contributed by atoms with Crippen molar-refractivity contribution in [1.29, 1.82) is 0 Å². The van der Waals surface area contributed by atoms with Crippen molar-refractivity contribution in [2.75, 3.05) is 25.0 Å². The Balaban J connectivity index is 1.31. The lowest BCUT2D eigenvalue weighted by molar-refractivity contribution is -0.125. The second-order valence-corrected chi connectivity index (χ2v) is 7.51. The van der Waals surface area contributed by atoms with Gasteiger partial charge in [0.2, 0.25) is 6.10 Å². The number of hydrogen-bond donors (Lipinski definition) is 1. The van der Waals surface area contributed by atoms with Gasteiger partial charge in [-0.3, -0.25) is 9.69 Å². The molecule has 0 aromatic heterocycles. The second kappa shape index (κ2) is 8.01. The quantitative estimate of drug-likeness (QED) is 0.896. The Bertz CT molecular complexity index is 782. The molecular formula is C22H26N2O3. The van der Waals surface area contributed by atoms with E-state index < -0.39 is 6.10 Å². The molecule has 2 aliphatic rings. The number of fused-ring (bicyclic) bond motifs is 1. The van der Waals surface area contributed by atoms with Crippen LogP contribution in [-0.2, 0) is 11.3 Å². The van der Waals surface area contributed by atoms with Crippen molar-refractivity contribution < 1.29 is 14.3 Å². The first kappa shape index (κ1) is 17.9. The minimum atomic E-state index is -0.644. The number of ether oxygens (including phenoxy) is 2. The molecule has 1 atom stereocenters. The molecule has 1 amide bonds. The van der Waals surface area contributed by atoms with Gasteiger partial charge < -0.3 is 14.8 Å². The first-order valence-electron chi connectivity index (χ1n) is 9.68. The maximum absolute atomic E-state index is 12.5. The van der Waals surface area contributed by atoms with Crippen molar-refractivity contribution in [2.24, 2.45) is 5.92 Å². The molecule has 0 aliphatic carbocycles. The number of benzene rings is 2. The summed E-state index contributed by atoms with van der Waals surface area (Å²) >= 11 is 0. The minimum Gasteiger partial charge on any atom is -0.485 e. The summed E-state index contributed by atoms with van der Waals surface area (Å²) in [7, 11) is 0. The molecule has 1 fully saturated rings. The predicted molar refractivity (Wildman–Crippen MR) is 105 cm³/mol. The third-order valence-corrected chi connectivity index (χ3v) is 5.30. The van der Waals surface area contributed by atoms with Crippen LogP contribution >= 0.6 is 0 Å². The zero-order valence-corrected chi connectivity index (χ0v) is 15.7. The van der Waals surface area contributed by atoms with Crippen LogP contribution in [-0.4, -0.2) is 36.6 Å². The van der Waals surface area contributed by atoms with Crippen molar-refractivity contribution >= 4 is 11.6 Å². The molecule has 0 bridgehead atoms. The van der Waals surface area contributed by atoms with Crippen LogP contribution in [0.15, 0.2) is 48.5 Å². The van der Waals surface area contributed by atoms with Crippen LogP contribution in [0.25, 0.3) is 0 Å². The number of piperidine rings is 1. The van der Waals surface area contributed by atoms with Crippen LogP contribution in [0.5, 0.6) is 11.5 Å². The number of amides is 1. The first-order chi connectivity index (χ1) is 13.2. The number of para-hydroxylation sites is 2. The van der Waals surface area contributed by atoms with E-state index in [9.17, 15) is 4.79 Å². The molecule has 0 saturated carbocycles. The van der Waals surface area contributed by atoms with Crippen LogP contribution in [0.4, 0.5) is 5.69 Å². The van der Waals surface area contributed by atoms with E-state index in [4.69, 9.17) is 9.47 Å². The van der Waals surface area contributed by atoms with Crippen molar-refractivity contribution in [3.8, 4) is 11.5 Å². The van der Waals surface area contributed by atoms with Gasteiger partial charge in [0.05, 0.1) is 0 Å². The number of likely N-dealkylation sites (tertiary alicyclic amines) is 1. The average Bonchev–Trinajstić information content (AvgIpc) is 2.71. The van der Waals surface area contributed by atoms with E-state index in [1.807, 2.05) is 36.4 Å². The highest BCUT2D eigenvalue weighted by Gasteiger charge is 2.27. The topological polar surface area (TPSA) is 50.8 Å². The summed E-state index contributed by atoms with van der Waals surface area (Å²) in [6, 6.07) is 15.5. The van der Waals surface area contributed by atoms with Crippen LogP contribution in [0, 0.1) is 5.92 Å². The van der Waals surface area contributed by atoms with E-state index in [0.29, 0.717) is 11.5 Å². The highest BCUT2D eigenvalue weighted by molar-refractivity contribution is 5.94. The monoisotopic (exact) mass is 366 g/mol. The number of carbonyl (C=O) groups excluding carboxylic acids is 1. The van der Waals surface area contributed by atoms with Gasteiger partial charge in [-0.05, 0) is 61.7 Å². The maximum Gasteiger partial charge on any atom is 0.269 e. The number of hydrogen-bond acceptors (Lipinski definition) is 4. The summed E-state index contributed by atoms with van der Waals surface area (Å²) in [5, 5.41) is 2.92. The average molecular weight is 366 g/mol. The van der Waals surface area contributed by atoms with Gasteiger partial charge in [0, 0.05) is 12.2 Å². The molecule has 27 heavy (non-hydrogen) atoms. The summed E-state index contributed by atoms with van der Waals surface area (Å²) in [6.45, 7) is 5.85. The largest absolute Gasteiger partial charge is 0.485 e. The van der Waals surface area contributed by atoms with Gasteiger partial charge in [-0.2, -0.15) is 0 Å². The fourth-order valence-electron chi connectivity index (χ4n) is 3.54. The second-order valence-electron chi connectivity index (χ2n) is 7.51. The Morgan fingerprint density at radius 3 is 2.52 bits per heavy atom. The van der Waals surface area contributed by atoms with Crippen molar-refractivity contribution in [2.45, 2.75) is 32.4 Å². The molecule has 142 valence electrons. The summed E-state index contributed by atoms with van der Waals surface area (Å²) in [6.07, 6.45) is 1.91. The lowest BCUT2D eigenvalue weighted by Gasteiger charge is -2.30. The molecule has 5 nitrogen and oxygen atoms in total. The summed E-state index contributed by atoms with van der Waals surface area (Å²) in [4.78, 5) is 15.0. The van der Waals surface area contributed by atoms with Gasteiger partial charge in [-0.15, -0.1) is 0 Å². The molecule has 2 aromatic rings. The number of rotatable bonds is 4. The summed E-state index contributed by atoms with van der Waals surface area (Å²) in [5.74, 6) is 1.94. The van der Waals surface area contributed by atoms with Gasteiger partial charge in [0.25, 0.3) is 5.91 Å². The molecule has 0 spiro atoms. The minimum absolute atomic E-state index is 0.192. The third-order valence-electron chi connectivity index (χ3n) is 5.30. The Hall–Kier alpha value is -2.53. The van der Waals surface area contributed by atoms with Gasteiger partial charge in [0.1, 0.15) is 6.61 Å². The molecule has 1 saturated heterocycles. The summed E-state index contributed by atoms with van der Waals surface area (Å²) < 4.78 is 11.4. The van der Waals surface area contributed by atoms with E-state index >= 15 is 0 Å². The van der Waals surface area contributed by atoms with E-state index in [1.54, 1.807) is 0 Å². The lowest BCUT2D eigenvalue weighted by Crippen LogP contribution is -2.40. The molecule has 2 heterocycles. The Labute approximate surface area is 160 Å². The molecular weight excluding hydrogens is 340 g/mol. The van der Waals surface area contributed by atoms with Crippen molar-refractivity contribution in [1.82, 2.24) is 4.90 Å². The van der Waals surface area contributed by atoms with Gasteiger partial charge in [-0.25, -0.2) is 0 Å². The zero-order valence-electron chi connectivity index (χ0n) is 15.7. The van der Waals surface area contributed by atoms with Gasteiger partial charge in [-0.1, -0.05) is 31.2 Å². The Morgan fingerprint density at radius 1 is 1.07 bits per heavy atom. The molecule has 1 N–H and O–H groups in total. The van der Waals surface area contributed by atoms with Crippen LogP contribution in [0.2, 0.25) is 0 Å². The highest BCUT2D eigenvalue weighted by atomic mass is 16.6. The molecule has 2 aromatic carbocycles. The fraction of sp³-hybridized carbons (Fsp3) is 0.409. The fourth-order valence-corrected chi connectivity index (χ4v) is 3.54. The third kappa shape index (κ3) is 4.42. The molecule has 0 radical (unpaired) electrons. The lowest BCUT2D eigenvalue weighted by atomic mass is 9.99. The van der Waals surface area contributed by atoms with Gasteiger partial charge >= 0.3 is 0 Å². The van der Waals surface area contributed by atoms with E-state index in [1.165, 1.54) is 31.5 Å². The van der Waals surface area contributed by atoms with E-state index in [0.717, 1.165) is 18.2 Å². The Morgan fingerprint density at radius 2 is 1.78 bits per heavy atom. The van der Waals surface area contributed by atoms with Crippen LogP contribution in [0.3, 0.4) is 0 Å². The molecule has 5 heteroatoms. The van der Waals surface area contributed by atoms with E-state index in [-0.39, 0.29) is 12.5 Å². The normalized spacial score (nSPS) is 20.3. The number of nitrogens with one attached hydrogen (secondary N) is 1. The predicted octanol–water partition coefficient (Wildman–Crippen LogP) is 3.70. The SMILES string of the molecule is CC1CCN(Cc2ccc(NC(=O)C3COc4ccccc4O3)cc2)CC1. The molecule has 2 aliphatic heterocycles. The molecule has 1 unspecified atom stereocenters. The number of anilines is 1. The highest BCUT2D eigenvalue weighted by Crippen LogP contribution is 2.31. The molecule has 4 rings (SSSR count). The smallest absolute Gasteiger partial charge is 0.269 e. The van der Waals surface area contributed by atoms with Crippen LogP contribution in [0.1, 0.15) is 25.3 Å². The van der Waals surface area contributed by atoms with Crippen molar-refractivity contribution in [3.05, 3.63) is 54.1 Å². The van der Waals surface area contributed by atoms with Crippen molar-refractivity contribution in [3.63, 3.8) is 0 Å². The number of nitrogens with zero attached hydrogens (tertiary/aromatic N) is 1. The Kier molecular flexibility index (Phi) is 5.30. The first-order valence-corrected chi connectivity index (χ1v) is 9.68. The van der Waals surface area contributed by atoms with Gasteiger partial charge in [0.15, 0.2) is 11.5 Å².